The number of anilines is 4. The highest BCUT2D eigenvalue weighted by Crippen LogP contribution is 2.18. The molecular weight excluding hydrogens is 354 g/mol. The number of amides is 2. The van der Waals surface area contributed by atoms with Gasteiger partial charge in [0.05, 0.1) is 23.5 Å². The van der Waals surface area contributed by atoms with Gasteiger partial charge in [0.1, 0.15) is 5.69 Å². The molecule has 2 aromatic carbocycles. The number of carbonyl (C=O) groups is 2. The Morgan fingerprint density at radius 1 is 0.893 bits per heavy atom. The van der Waals surface area contributed by atoms with E-state index in [0.29, 0.717) is 22.6 Å². The molecule has 0 spiro atoms. The van der Waals surface area contributed by atoms with Gasteiger partial charge >= 0.3 is 0 Å². The maximum absolute atomic E-state index is 12.4. The summed E-state index contributed by atoms with van der Waals surface area (Å²) in [7, 11) is 0. The molecule has 0 aliphatic carbocycles. The first-order valence-corrected chi connectivity index (χ1v) is 8.46. The molecule has 1 aromatic heterocycles. The molecule has 1 heterocycles. The quantitative estimate of drug-likeness (QED) is 0.630. The first kappa shape index (κ1) is 18.6. The minimum Gasteiger partial charge on any atom is -0.354 e. The SMILES string of the molecule is CC(=O)Nc1cccc(NC(=O)c2ccc(Nc3ccc(C#N)cc3)cn2)c1. The van der Waals surface area contributed by atoms with Crippen LogP contribution in [0.1, 0.15) is 23.0 Å². The second kappa shape index (κ2) is 8.47. The van der Waals surface area contributed by atoms with Crippen LogP contribution in [0.3, 0.4) is 0 Å². The Morgan fingerprint density at radius 3 is 2.18 bits per heavy atom. The molecule has 3 aromatic rings. The zero-order valence-electron chi connectivity index (χ0n) is 15.1. The Kier molecular flexibility index (Phi) is 5.63. The van der Waals surface area contributed by atoms with Gasteiger partial charge < -0.3 is 16.0 Å². The van der Waals surface area contributed by atoms with Crippen molar-refractivity contribution in [3.63, 3.8) is 0 Å². The van der Waals surface area contributed by atoms with Gasteiger partial charge in [-0.1, -0.05) is 6.07 Å². The highest BCUT2D eigenvalue weighted by atomic mass is 16.2. The van der Waals surface area contributed by atoms with E-state index < -0.39 is 0 Å². The number of nitrogens with zero attached hydrogens (tertiary/aromatic N) is 2. The van der Waals surface area contributed by atoms with Crippen LogP contribution in [-0.4, -0.2) is 16.8 Å². The van der Waals surface area contributed by atoms with Crippen molar-refractivity contribution in [2.24, 2.45) is 0 Å². The lowest BCUT2D eigenvalue weighted by Gasteiger charge is -2.09. The number of nitriles is 1. The van der Waals surface area contributed by atoms with Gasteiger partial charge in [0, 0.05) is 24.0 Å². The molecule has 3 rings (SSSR count). The molecule has 0 atom stereocenters. The van der Waals surface area contributed by atoms with Gasteiger partial charge in [-0.15, -0.1) is 0 Å². The molecule has 138 valence electrons. The molecule has 0 saturated heterocycles. The Hall–Kier alpha value is -4.18. The fraction of sp³-hybridized carbons (Fsp3) is 0.0476. The van der Waals surface area contributed by atoms with E-state index in [1.54, 1.807) is 66.9 Å². The van der Waals surface area contributed by atoms with Crippen molar-refractivity contribution in [1.29, 1.82) is 5.26 Å². The van der Waals surface area contributed by atoms with E-state index in [0.717, 1.165) is 5.69 Å². The van der Waals surface area contributed by atoms with E-state index >= 15 is 0 Å². The Balaban J connectivity index is 1.65. The summed E-state index contributed by atoms with van der Waals surface area (Å²) in [6.07, 6.45) is 1.56. The number of rotatable bonds is 5. The molecule has 0 fully saturated rings. The molecule has 0 aliphatic heterocycles. The van der Waals surface area contributed by atoms with Crippen molar-refractivity contribution in [2.45, 2.75) is 6.92 Å². The maximum Gasteiger partial charge on any atom is 0.274 e. The molecule has 0 saturated carbocycles. The summed E-state index contributed by atoms with van der Waals surface area (Å²) in [5, 5.41) is 17.4. The van der Waals surface area contributed by atoms with Crippen LogP contribution in [0, 0.1) is 11.3 Å². The first-order valence-electron chi connectivity index (χ1n) is 8.46. The lowest BCUT2D eigenvalue weighted by atomic mass is 10.2. The van der Waals surface area contributed by atoms with Crippen LogP contribution in [-0.2, 0) is 4.79 Å². The Labute approximate surface area is 162 Å². The standard InChI is InChI=1S/C21H17N5O2/c1-14(27)24-17-3-2-4-18(11-17)26-21(28)20-10-9-19(13-23-20)25-16-7-5-15(12-22)6-8-16/h2-11,13,25H,1H3,(H,24,27)(H,26,28). The molecular formula is C21H17N5O2. The van der Waals surface area contributed by atoms with Gasteiger partial charge in [-0.3, -0.25) is 9.59 Å². The zero-order chi connectivity index (χ0) is 19.9. The predicted octanol–water partition coefficient (Wildman–Crippen LogP) is 3.91. The fourth-order valence-corrected chi connectivity index (χ4v) is 2.47. The minimum absolute atomic E-state index is 0.185. The third-order valence-corrected chi connectivity index (χ3v) is 3.74. The molecule has 2 amide bonds. The van der Waals surface area contributed by atoms with Gasteiger partial charge in [0.25, 0.3) is 5.91 Å². The topological polar surface area (TPSA) is 107 Å². The van der Waals surface area contributed by atoms with E-state index in [1.807, 2.05) is 0 Å². The molecule has 0 unspecified atom stereocenters. The maximum atomic E-state index is 12.4. The fourth-order valence-electron chi connectivity index (χ4n) is 2.47. The number of benzene rings is 2. The summed E-state index contributed by atoms with van der Waals surface area (Å²) < 4.78 is 0. The third kappa shape index (κ3) is 4.93. The predicted molar refractivity (Wildman–Crippen MR) is 107 cm³/mol. The summed E-state index contributed by atoms with van der Waals surface area (Å²) in [5.74, 6) is -0.541. The van der Waals surface area contributed by atoms with Crippen molar-refractivity contribution in [3.05, 3.63) is 78.1 Å². The van der Waals surface area contributed by atoms with Crippen LogP contribution >= 0.6 is 0 Å². The molecule has 3 N–H and O–H groups in total. The molecule has 28 heavy (non-hydrogen) atoms. The average Bonchev–Trinajstić information content (AvgIpc) is 2.69. The molecule has 7 heteroatoms. The van der Waals surface area contributed by atoms with E-state index in [1.165, 1.54) is 6.92 Å². The second-order valence-corrected chi connectivity index (χ2v) is 5.96. The minimum atomic E-state index is -0.357. The van der Waals surface area contributed by atoms with Crippen LogP contribution in [0.4, 0.5) is 22.7 Å². The van der Waals surface area contributed by atoms with Crippen molar-refractivity contribution < 1.29 is 9.59 Å². The highest BCUT2D eigenvalue weighted by molar-refractivity contribution is 6.03. The monoisotopic (exact) mass is 371 g/mol. The van der Waals surface area contributed by atoms with Gasteiger partial charge in [-0.05, 0) is 54.6 Å². The van der Waals surface area contributed by atoms with Gasteiger partial charge in [-0.2, -0.15) is 5.26 Å². The largest absolute Gasteiger partial charge is 0.354 e. The normalized spacial score (nSPS) is 9.86. The molecule has 7 nitrogen and oxygen atoms in total. The summed E-state index contributed by atoms with van der Waals surface area (Å²) in [6, 6.07) is 19.3. The van der Waals surface area contributed by atoms with Gasteiger partial charge in [0.2, 0.25) is 5.91 Å². The van der Waals surface area contributed by atoms with E-state index in [-0.39, 0.29) is 17.5 Å². The number of pyridine rings is 1. The van der Waals surface area contributed by atoms with Crippen LogP contribution in [0.2, 0.25) is 0 Å². The van der Waals surface area contributed by atoms with Crippen LogP contribution in [0.5, 0.6) is 0 Å². The second-order valence-electron chi connectivity index (χ2n) is 5.96. The number of hydrogen-bond donors (Lipinski definition) is 3. The number of aromatic nitrogens is 1. The lowest BCUT2D eigenvalue weighted by molar-refractivity contribution is -0.114. The Bertz CT molecular complexity index is 1040. The smallest absolute Gasteiger partial charge is 0.274 e. The molecule has 0 radical (unpaired) electrons. The van der Waals surface area contributed by atoms with Gasteiger partial charge in [-0.25, -0.2) is 4.98 Å². The number of hydrogen-bond acceptors (Lipinski definition) is 5. The summed E-state index contributed by atoms with van der Waals surface area (Å²) in [6.45, 7) is 1.42. The van der Waals surface area contributed by atoms with E-state index in [9.17, 15) is 9.59 Å². The van der Waals surface area contributed by atoms with Gasteiger partial charge in [0.15, 0.2) is 0 Å². The number of nitrogens with one attached hydrogen (secondary N) is 3. The molecule has 0 bridgehead atoms. The van der Waals surface area contributed by atoms with Crippen molar-refractivity contribution in [2.75, 3.05) is 16.0 Å². The highest BCUT2D eigenvalue weighted by Gasteiger charge is 2.08. The Morgan fingerprint density at radius 2 is 1.57 bits per heavy atom. The van der Waals surface area contributed by atoms with Crippen molar-refractivity contribution >= 4 is 34.6 Å². The van der Waals surface area contributed by atoms with Crippen molar-refractivity contribution in [1.82, 2.24) is 4.98 Å². The van der Waals surface area contributed by atoms with E-state index in [2.05, 4.69) is 27.0 Å². The third-order valence-electron chi connectivity index (χ3n) is 3.74. The van der Waals surface area contributed by atoms with Crippen LogP contribution < -0.4 is 16.0 Å². The summed E-state index contributed by atoms with van der Waals surface area (Å²) in [4.78, 5) is 27.7. The first-order chi connectivity index (χ1) is 13.5. The van der Waals surface area contributed by atoms with E-state index in [4.69, 9.17) is 5.26 Å². The zero-order valence-corrected chi connectivity index (χ0v) is 15.1. The summed E-state index contributed by atoms with van der Waals surface area (Å²) in [5.41, 5.74) is 3.52. The average molecular weight is 371 g/mol. The lowest BCUT2D eigenvalue weighted by Crippen LogP contribution is -2.14. The molecule has 0 aliphatic rings. The summed E-state index contributed by atoms with van der Waals surface area (Å²) >= 11 is 0. The van der Waals surface area contributed by atoms with Crippen molar-refractivity contribution in [3.8, 4) is 6.07 Å². The van der Waals surface area contributed by atoms with Crippen LogP contribution in [0.15, 0.2) is 66.9 Å². The van der Waals surface area contributed by atoms with Crippen LogP contribution in [0.25, 0.3) is 0 Å². The number of carbonyl (C=O) groups excluding carboxylic acids is 2.